The molecule has 1 aliphatic heterocycles. The van der Waals surface area contributed by atoms with Gasteiger partial charge in [-0.15, -0.1) is 0 Å². The number of aryl methyl sites for hydroxylation is 2. The molecular weight excluding hydrogens is 414 g/mol. The molecule has 172 valence electrons. The summed E-state index contributed by atoms with van der Waals surface area (Å²) >= 11 is 0. The van der Waals surface area contributed by atoms with E-state index in [1.165, 1.54) is 12.1 Å². The van der Waals surface area contributed by atoms with E-state index in [1.54, 1.807) is 25.7 Å². The predicted octanol–water partition coefficient (Wildman–Crippen LogP) is 5.91. The third-order valence-corrected chi connectivity index (χ3v) is 5.44. The van der Waals surface area contributed by atoms with Gasteiger partial charge in [0.25, 0.3) is 0 Å². The highest BCUT2D eigenvalue weighted by Crippen LogP contribution is 2.33. The van der Waals surface area contributed by atoms with Gasteiger partial charge in [-0.05, 0) is 88.3 Å². The summed E-state index contributed by atoms with van der Waals surface area (Å²) in [5, 5.41) is 2.74. The molecule has 2 aromatic carbocycles. The maximum absolute atomic E-state index is 14.1. The molecule has 0 aromatic heterocycles. The van der Waals surface area contributed by atoms with Crippen molar-refractivity contribution in [2.45, 2.75) is 59.5 Å². The first-order valence-electron chi connectivity index (χ1n) is 10.8. The quantitative estimate of drug-likeness (QED) is 0.637. The molecule has 2 aromatic rings. The molecule has 0 radical (unpaired) electrons. The third kappa shape index (κ3) is 5.84. The van der Waals surface area contributed by atoms with Crippen molar-refractivity contribution in [3.63, 3.8) is 0 Å². The highest BCUT2D eigenvalue weighted by molar-refractivity contribution is 5.96. The van der Waals surface area contributed by atoms with Gasteiger partial charge in [-0.3, -0.25) is 10.1 Å². The maximum atomic E-state index is 14.1. The van der Waals surface area contributed by atoms with E-state index in [9.17, 15) is 18.4 Å². The van der Waals surface area contributed by atoms with E-state index < -0.39 is 23.3 Å². The molecule has 2 amide bonds. The summed E-state index contributed by atoms with van der Waals surface area (Å²) in [5.74, 6) is -1.08. The summed E-state index contributed by atoms with van der Waals surface area (Å²) in [5.41, 5.74) is 2.93. The van der Waals surface area contributed by atoms with Gasteiger partial charge in [-0.25, -0.2) is 13.6 Å². The monoisotopic (exact) mass is 444 g/mol. The van der Waals surface area contributed by atoms with Gasteiger partial charge >= 0.3 is 6.09 Å². The molecular formula is C25H30F2N2O3. The van der Waals surface area contributed by atoms with Crippen LogP contribution in [0.2, 0.25) is 0 Å². The number of carbonyl (C=O) groups excluding carboxylic acids is 2. The van der Waals surface area contributed by atoms with E-state index in [0.29, 0.717) is 37.1 Å². The minimum Gasteiger partial charge on any atom is -0.444 e. The number of carbonyl (C=O) groups is 2. The Kier molecular flexibility index (Phi) is 6.86. The summed E-state index contributed by atoms with van der Waals surface area (Å²) in [6.45, 7) is 9.61. The molecule has 1 saturated heterocycles. The molecule has 32 heavy (non-hydrogen) atoms. The zero-order valence-electron chi connectivity index (χ0n) is 19.2. The van der Waals surface area contributed by atoms with Crippen LogP contribution in [0.4, 0.5) is 25.0 Å². The number of hydrogen-bond donors (Lipinski definition) is 1. The normalized spacial score (nSPS) is 16.8. The number of ether oxygens (including phenoxy) is 1. The lowest BCUT2D eigenvalue weighted by atomic mass is 9.89. The van der Waals surface area contributed by atoms with Crippen LogP contribution >= 0.6 is 0 Å². The summed E-state index contributed by atoms with van der Waals surface area (Å²) in [6.07, 6.45) is 0.915. The standard InChI is InChI=1S/C25H30F2N2O3/c1-15-10-20(28-24(31)32-25(3,4)5)11-16(2)23(15)29-14-17(6-9-22(29)30)12-18-7-8-19(26)13-21(18)27/h7-8,10-11,13,17H,6,9,12,14H2,1-5H3,(H,28,31). The molecule has 1 atom stereocenters. The van der Waals surface area contributed by atoms with E-state index in [-0.39, 0.29) is 11.8 Å². The van der Waals surface area contributed by atoms with Gasteiger partial charge in [0.05, 0.1) is 0 Å². The average molecular weight is 445 g/mol. The Hall–Kier alpha value is -2.96. The Bertz CT molecular complexity index is 1010. The highest BCUT2D eigenvalue weighted by atomic mass is 19.1. The van der Waals surface area contributed by atoms with Gasteiger partial charge in [-0.2, -0.15) is 0 Å². The SMILES string of the molecule is Cc1cc(NC(=O)OC(C)(C)C)cc(C)c1N1CC(Cc2ccc(F)cc2F)CCC1=O. The second-order valence-electron chi connectivity index (χ2n) is 9.43. The number of nitrogens with zero attached hydrogens (tertiary/aromatic N) is 1. The summed E-state index contributed by atoms with van der Waals surface area (Å²) in [4.78, 5) is 26.6. The van der Waals surface area contributed by atoms with E-state index in [4.69, 9.17) is 4.74 Å². The summed E-state index contributed by atoms with van der Waals surface area (Å²) in [6, 6.07) is 7.24. The van der Waals surface area contributed by atoms with Crippen molar-refractivity contribution >= 4 is 23.4 Å². The molecule has 1 unspecified atom stereocenters. The lowest BCUT2D eigenvalue weighted by Gasteiger charge is -2.35. The van der Waals surface area contributed by atoms with Crippen molar-refractivity contribution in [3.8, 4) is 0 Å². The van der Waals surface area contributed by atoms with Crippen LogP contribution < -0.4 is 10.2 Å². The van der Waals surface area contributed by atoms with Crippen molar-refractivity contribution in [1.82, 2.24) is 0 Å². The molecule has 1 fully saturated rings. The number of amides is 2. The lowest BCUT2D eigenvalue weighted by Crippen LogP contribution is -2.41. The molecule has 7 heteroatoms. The first-order chi connectivity index (χ1) is 14.9. The van der Waals surface area contributed by atoms with Crippen molar-refractivity contribution in [1.29, 1.82) is 0 Å². The summed E-state index contributed by atoms with van der Waals surface area (Å²) < 4.78 is 32.6. The van der Waals surface area contributed by atoms with Crippen molar-refractivity contribution < 1.29 is 23.1 Å². The molecule has 1 heterocycles. The Balaban J connectivity index is 1.78. The Labute approximate surface area is 187 Å². The van der Waals surface area contributed by atoms with Gasteiger partial charge in [0, 0.05) is 30.4 Å². The van der Waals surface area contributed by atoms with E-state index in [1.807, 2.05) is 26.0 Å². The van der Waals surface area contributed by atoms with Gasteiger partial charge in [0.1, 0.15) is 17.2 Å². The fourth-order valence-corrected chi connectivity index (χ4v) is 4.17. The summed E-state index contributed by atoms with van der Waals surface area (Å²) in [7, 11) is 0. The largest absolute Gasteiger partial charge is 0.444 e. The van der Waals surface area contributed by atoms with Crippen LogP contribution in [0.25, 0.3) is 0 Å². The topological polar surface area (TPSA) is 58.6 Å². The first kappa shape index (κ1) is 23.7. The zero-order chi connectivity index (χ0) is 23.6. The fraction of sp³-hybridized carbons (Fsp3) is 0.440. The Morgan fingerprint density at radius 1 is 1.16 bits per heavy atom. The number of rotatable bonds is 4. The number of hydrogen-bond acceptors (Lipinski definition) is 3. The van der Waals surface area contributed by atoms with Crippen molar-refractivity contribution in [2.75, 3.05) is 16.8 Å². The first-order valence-corrected chi connectivity index (χ1v) is 10.8. The van der Waals surface area contributed by atoms with Gasteiger partial charge in [-0.1, -0.05) is 6.07 Å². The second-order valence-corrected chi connectivity index (χ2v) is 9.43. The van der Waals surface area contributed by atoms with Crippen LogP contribution in [-0.2, 0) is 16.0 Å². The van der Waals surface area contributed by atoms with Crippen molar-refractivity contribution in [3.05, 3.63) is 58.7 Å². The third-order valence-electron chi connectivity index (χ3n) is 5.44. The Morgan fingerprint density at radius 3 is 2.41 bits per heavy atom. The van der Waals surface area contributed by atoms with E-state index >= 15 is 0 Å². The number of benzene rings is 2. The number of nitrogens with one attached hydrogen (secondary N) is 1. The lowest BCUT2D eigenvalue weighted by molar-refractivity contribution is -0.120. The average Bonchev–Trinajstić information content (AvgIpc) is 2.64. The molecule has 0 spiro atoms. The minimum atomic E-state index is -0.604. The van der Waals surface area contributed by atoms with Crippen LogP contribution in [0, 0.1) is 31.4 Å². The minimum absolute atomic E-state index is 0.0138. The van der Waals surface area contributed by atoms with Crippen LogP contribution in [0.3, 0.4) is 0 Å². The smallest absolute Gasteiger partial charge is 0.412 e. The maximum Gasteiger partial charge on any atom is 0.412 e. The fourth-order valence-electron chi connectivity index (χ4n) is 4.17. The van der Waals surface area contributed by atoms with Crippen LogP contribution in [-0.4, -0.2) is 24.1 Å². The van der Waals surface area contributed by atoms with E-state index in [2.05, 4.69) is 5.32 Å². The zero-order valence-corrected chi connectivity index (χ0v) is 19.2. The van der Waals surface area contributed by atoms with Gasteiger partial charge in [0.15, 0.2) is 0 Å². The second kappa shape index (κ2) is 9.27. The molecule has 0 saturated carbocycles. The van der Waals surface area contributed by atoms with Gasteiger partial charge < -0.3 is 9.64 Å². The molecule has 1 aliphatic rings. The number of halogens is 2. The van der Waals surface area contributed by atoms with Crippen LogP contribution in [0.1, 0.15) is 50.3 Å². The Morgan fingerprint density at radius 2 is 1.81 bits per heavy atom. The van der Waals surface area contributed by atoms with Crippen LogP contribution in [0.15, 0.2) is 30.3 Å². The molecule has 3 rings (SSSR count). The molecule has 1 N–H and O–H groups in total. The van der Waals surface area contributed by atoms with Gasteiger partial charge in [0.2, 0.25) is 5.91 Å². The number of piperidine rings is 1. The van der Waals surface area contributed by atoms with E-state index in [0.717, 1.165) is 22.9 Å². The molecule has 0 bridgehead atoms. The molecule has 5 nitrogen and oxygen atoms in total. The van der Waals surface area contributed by atoms with Crippen molar-refractivity contribution in [2.24, 2.45) is 5.92 Å². The predicted molar refractivity (Wildman–Crippen MR) is 121 cm³/mol. The van der Waals surface area contributed by atoms with Crippen LogP contribution in [0.5, 0.6) is 0 Å². The molecule has 0 aliphatic carbocycles. The number of anilines is 2. The highest BCUT2D eigenvalue weighted by Gasteiger charge is 2.29.